The van der Waals surface area contributed by atoms with Gasteiger partial charge in [0.15, 0.2) is 0 Å². The SMILES string of the molecule is N#Cc1c(S[N+](=O)[O-])cccc1C(=O)O. The first kappa shape index (κ1) is 11.0. The van der Waals surface area contributed by atoms with Gasteiger partial charge in [-0.1, -0.05) is 6.07 Å². The van der Waals surface area contributed by atoms with Gasteiger partial charge in [-0.15, -0.1) is 0 Å². The first-order valence-electron chi connectivity index (χ1n) is 3.65. The van der Waals surface area contributed by atoms with Crippen molar-refractivity contribution in [3.63, 3.8) is 0 Å². The molecule has 1 rings (SSSR count). The summed E-state index contributed by atoms with van der Waals surface area (Å²) in [5, 5.41) is 27.7. The molecule has 0 amide bonds. The second-order valence-corrected chi connectivity index (χ2v) is 3.33. The van der Waals surface area contributed by atoms with E-state index >= 15 is 0 Å². The van der Waals surface area contributed by atoms with Crippen molar-refractivity contribution >= 4 is 17.9 Å². The van der Waals surface area contributed by atoms with Crippen LogP contribution >= 0.6 is 11.9 Å². The lowest BCUT2D eigenvalue weighted by atomic mass is 10.1. The molecule has 76 valence electrons. The van der Waals surface area contributed by atoms with Gasteiger partial charge in [-0.3, -0.25) is 10.1 Å². The second kappa shape index (κ2) is 4.43. The van der Waals surface area contributed by atoms with E-state index in [0.29, 0.717) is 0 Å². The predicted molar refractivity (Wildman–Crippen MR) is 51.0 cm³/mol. The van der Waals surface area contributed by atoms with Crippen LogP contribution in [0.1, 0.15) is 15.9 Å². The molecule has 0 aliphatic heterocycles. The van der Waals surface area contributed by atoms with Gasteiger partial charge in [-0.05, 0) is 12.1 Å². The third-order valence-corrected chi connectivity index (χ3v) is 2.23. The first-order chi connectivity index (χ1) is 7.06. The molecular weight excluding hydrogens is 220 g/mol. The van der Waals surface area contributed by atoms with E-state index in [-0.39, 0.29) is 28.0 Å². The summed E-state index contributed by atoms with van der Waals surface area (Å²) in [7, 11) is 0. The minimum Gasteiger partial charge on any atom is -0.478 e. The van der Waals surface area contributed by atoms with Crippen molar-refractivity contribution in [3.8, 4) is 6.07 Å². The van der Waals surface area contributed by atoms with Crippen LogP contribution in [0.4, 0.5) is 0 Å². The fourth-order valence-corrected chi connectivity index (χ4v) is 1.53. The molecule has 0 unspecified atom stereocenters. The number of nitrogens with zero attached hydrogens (tertiary/aromatic N) is 2. The van der Waals surface area contributed by atoms with Gasteiger partial charge >= 0.3 is 5.97 Å². The topological polar surface area (TPSA) is 104 Å². The molecule has 0 atom stereocenters. The largest absolute Gasteiger partial charge is 0.478 e. The number of rotatable bonds is 3. The lowest BCUT2D eigenvalue weighted by Gasteiger charge is -1.99. The summed E-state index contributed by atoms with van der Waals surface area (Å²) in [5.41, 5.74) is -0.420. The zero-order valence-electron chi connectivity index (χ0n) is 7.21. The van der Waals surface area contributed by atoms with Crippen LogP contribution in [0.25, 0.3) is 0 Å². The normalized spacial score (nSPS) is 9.27. The summed E-state index contributed by atoms with van der Waals surface area (Å²) in [6.07, 6.45) is 0. The van der Waals surface area contributed by atoms with E-state index in [0.717, 1.165) is 0 Å². The molecule has 15 heavy (non-hydrogen) atoms. The number of nitriles is 1. The molecule has 0 radical (unpaired) electrons. The summed E-state index contributed by atoms with van der Waals surface area (Å²) in [4.78, 5) is 20.9. The van der Waals surface area contributed by atoms with E-state index in [1.165, 1.54) is 18.2 Å². The average molecular weight is 224 g/mol. The Balaban J connectivity index is 3.30. The molecule has 0 aliphatic carbocycles. The van der Waals surface area contributed by atoms with E-state index in [1.54, 1.807) is 6.07 Å². The van der Waals surface area contributed by atoms with Gasteiger partial charge in [0.25, 0.3) is 11.9 Å². The van der Waals surface area contributed by atoms with Crippen LogP contribution < -0.4 is 0 Å². The Labute approximate surface area is 88.4 Å². The van der Waals surface area contributed by atoms with Crippen LogP contribution in [0.15, 0.2) is 23.1 Å². The smallest absolute Gasteiger partial charge is 0.337 e. The molecule has 1 N–H and O–H groups in total. The maximum absolute atomic E-state index is 10.7. The van der Waals surface area contributed by atoms with Gasteiger partial charge in [0, 0.05) is 0 Å². The lowest BCUT2D eigenvalue weighted by molar-refractivity contribution is -0.284. The quantitative estimate of drug-likeness (QED) is 0.474. The summed E-state index contributed by atoms with van der Waals surface area (Å²) in [6.45, 7) is 0. The molecule has 0 saturated carbocycles. The zero-order valence-corrected chi connectivity index (χ0v) is 8.02. The highest BCUT2D eigenvalue weighted by Crippen LogP contribution is 2.24. The number of carboxylic acids is 1. The highest BCUT2D eigenvalue weighted by atomic mass is 32.2. The summed E-state index contributed by atoms with van der Waals surface area (Å²) < 4.78 is -0.693. The van der Waals surface area contributed by atoms with Crippen molar-refractivity contribution in [1.29, 1.82) is 5.26 Å². The second-order valence-electron chi connectivity index (χ2n) is 2.41. The molecule has 1 aromatic carbocycles. The van der Waals surface area contributed by atoms with Crippen LogP contribution in [-0.2, 0) is 0 Å². The van der Waals surface area contributed by atoms with Gasteiger partial charge < -0.3 is 5.11 Å². The van der Waals surface area contributed by atoms with Crippen molar-refractivity contribution < 1.29 is 14.2 Å². The molecule has 0 saturated heterocycles. The number of hydrogen-bond donors (Lipinski definition) is 1. The molecular formula is C8H4N2O4S. The predicted octanol–water partition coefficient (Wildman–Crippen LogP) is 1.54. The van der Waals surface area contributed by atoms with Crippen molar-refractivity contribution in [3.05, 3.63) is 39.4 Å². The number of carbonyl (C=O) groups is 1. The zero-order chi connectivity index (χ0) is 11.4. The molecule has 0 heterocycles. The Kier molecular flexibility index (Phi) is 3.25. The van der Waals surface area contributed by atoms with Gasteiger partial charge in [0.2, 0.25) is 0 Å². The van der Waals surface area contributed by atoms with Crippen molar-refractivity contribution in [2.45, 2.75) is 4.90 Å². The maximum atomic E-state index is 10.7. The number of carboxylic acid groups (broad SMARTS) is 1. The Morgan fingerprint density at radius 3 is 2.73 bits per heavy atom. The van der Waals surface area contributed by atoms with Gasteiger partial charge in [0.05, 0.1) is 11.1 Å². The average Bonchev–Trinajstić information content (AvgIpc) is 2.16. The Hall–Kier alpha value is -2.07. The molecule has 0 spiro atoms. The van der Waals surface area contributed by atoms with Crippen molar-refractivity contribution in [2.75, 3.05) is 0 Å². The minimum atomic E-state index is -1.28. The molecule has 0 aliphatic rings. The number of nitro groups is 1. The van der Waals surface area contributed by atoms with Crippen molar-refractivity contribution in [2.24, 2.45) is 0 Å². The molecule has 0 aromatic heterocycles. The minimum absolute atomic E-state index is 0.0300. The van der Waals surface area contributed by atoms with E-state index in [4.69, 9.17) is 10.4 Å². The first-order valence-corrected chi connectivity index (χ1v) is 4.42. The van der Waals surface area contributed by atoms with Crippen LogP contribution in [0, 0.1) is 21.4 Å². The van der Waals surface area contributed by atoms with E-state index < -0.39 is 10.3 Å². The van der Waals surface area contributed by atoms with Crippen molar-refractivity contribution in [1.82, 2.24) is 0 Å². The fourth-order valence-electron chi connectivity index (χ4n) is 0.981. The lowest BCUT2D eigenvalue weighted by Crippen LogP contribution is -2.01. The van der Waals surface area contributed by atoms with Gasteiger partial charge in [0.1, 0.15) is 15.3 Å². The summed E-state index contributed by atoms with van der Waals surface area (Å²) in [5.74, 6) is -1.28. The number of hydrogen-bond acceptors (Lipinski definition) is 5. The van der Waals surface area contributed by atoms with Gasteiger partial charge in [-0.25, -0.2) is 4.79 Å². The van der Waals surface area contributed by atoms with E-state index in [2.05, 4.69) is 0 Å². The van der Waals surface area contributed by atoms with Crippen LogP contribution in [0.5, 0.6) is 0 Å². The van der Waals surface area contributed by atoms with Gasteiger partial charge in [-0.2, -0.15) is 5.26 Å². The standard InChI is InChI=1S/C8H4N2O4S/c9-4-6-5(8(11)12)2-1-3-7(6)15-10(13)14/h1-3H,(H,11,12). The molecule has 0 fully saturated rings. The van der Waals surface area contributed by atoms with E-state index in [1.807, 2.05) is 0 Å². The summed E-state index contributed by atoms with van der Waals surface area (Å²) >= 11 is 0.218. The highest BCUT2D eigenvalue weighted by Gasteiger charge is 2.18. The Bertz CT molecular complexity index is 466. The molecule has 0 bridgehead atoms. The van der Waals surface area contributed by atoms with Crippen LogP contribution in [-0.4, -0.2) is 15.4 Å². The monoisotopic (exact) mass is 224 g/mol. The third-order valence-electron chi connectivity index (χ3n) is 1.54. The van der Waals surface area contributed by atoms with Crippen LogP contribution in [0.2, 0.25) is 0 Å². The third kappa shape index (κ3) is 2.45. The number of benzene rings is 1. The summed E-state index contributed by atoms with van der Waals surface area (Å²) in [6, 6.07) is 5.56. The fraction of sp³-hybridized carbons (Fsp3) is 0. The van der Waals surface area contributed by atoms with E-state index in [9.17, 15) is 14.9 Å². The molecule has 6 nitrogen and oxygen atoms in total. The number of aromatic carboxylic acids is 1. The highest BCUT2D eigenvalue weighted by molar-refractivity contribution is 7.93. The Morgan fingerprint density at radius 1 is 1.60 bits per heavy atom. The Morgan fingerprint density at radius 2 is 2.27 bits per heavy atom. The maximum Gasteiger partial charge on any atom is 0.337 e. The van der Waals surface area contributed by atoms with Crippen LogP contribution in [0.3, 0.4) is 0 Å². The molecule has 7 heteroatoms. The molecule has 1 aromatic rings.